The molecule has 4 nitrogen and oxygen atoms in total. The number of hydrogen-bond acceptors (Lipinski definition) is 4. The monoisotopic (exact) mass is 321 g/mol. The van der Waals surface area contributed by atoms with Crippen molar-refractivity contribution < 1.29 is 14.9 Å². The molecule has 1 fully saturated rings. The van der Waals surface area contributed by atoms with Crippen LogP contribution in [-0.2, 0) is 0 Å². The Morgan fingerprint density at radius 3 is 2.30 bits per heavy atom. The topological polar surface area (TPSA) is 52.9 Å². The van der Waals surface area contributed by atoms with Crippen LogP contribution in [0.15, 0.2) is 18.2 Å². The van der Waals surface area contributed by atoms with Crippen molar-refractivity contribution in [2.24, 2.45) is 5.41 Å². The zero-order valence-electron chi connectivity index (χ0n) is 14.7. The molecule has 0 bridgehead atoms. The molecule has 4 heteroatoms. The summed E-state index contributed by atoms with van der Waals surface area (Å²) in [6.45, 7) is 9.35. The van der Waals surface area contributed by atoms with Crippen molar-refractivity contribution in [3.05, 3.63) is 29.3 Å². The molecule has 1 aromatic carbocycles. The van der Waals surface area contributed by atoms with Crippen LogP contribution in [0, 0.1) is 19.3 Å². The molecule has 130 valence electrons. The molecule has 1 atom stereocenters. The Bertz CT molecular complexity index is 469. The second kappa shape index (κ2) is 8.13. The number of ether oxygens (including phenoxy) is 1. The van der Waals surface area contributed by atoms with Gasteiger partial charge in [0.1, 0.15) is 18.5 Å². The molecule has 1 aliphatic heterocycles. The number of aliphatic hydroxyl groups excluding tert-OH is 2. The van der Waals surface area contributed by atoms with Crippen molar-refractivity contribution in [1.29, 1.82) is 0 Å². The van der Waals surface area contributed by atoms with E-state index in [1.807, 2.05) is 26.0 Å². The molecule has 1 heterocycles. The molecule has 2 rings (SSSR count). The summed E-state index contributed by atoms with van der Waals surface area (Å²) < 4.78 is 5.74. The van der Waals surface area contributed by atoms with Gasteiger partial charge < -0.3 is 19.8 Å². The van der Waals surface area contributed by atoms with Gasteiger partial charge in [0.25, 0.3) is 0 Å². The maximum atomic E-state index is 10.2. The highest BCUT2D eigenvalue weighted by atomic mass is 16.5. The average Bonchev–Trinajstić information content (AvgIpc) is 2.53. The van der Waals surface area contributed by atoms with Gasteiger partial charge in [-0.25, -0.2) is 0 Å². The first-order valence-corrected chi connectivity index (χ1v) is 8.69. The van der Waals surface area contributed by atoms with E-state index in [0.29, 0.717) is 13.2 Å². The third kappa shape index (κ3) is 5.20. The zero-order valence-corrected chi connectivity index (χ0v) is 14.7. The van der Waals surface area contributed by atoms with Crippen molar-refractivity contribution in [2.45, 2.75) is 46.1 Å². The van der Waals surface area contributed by atoms with E-state index in [2.05, 4.69) is 17.9 Å². The Hall–Kier alpha value is -1.10. The number of β-amino-alcohol motifs (C(OH)–C–C–N with tert-alkyl or cyclic N) is 1. The van der Waals surface area contributed by atoms with Crippen LogP contribution in [-0.4, -0.2) is 54.1 Å². The van der Waals surface area contributed by atoms with E-state index >= 15 is 0 Å². The van der Waals surface area contributed by atoms with E-state index in [1.165, 1.54) is 11.1 Å². The second-order valence-electron chi connectivity index (χ2n) is 7.10. The quantitative estimate of drug-likeness (QED) is 0.810. The SMILES string of the molecule is CCC1(CO)CCN(CC(O)COc2cc(C)cc(C)c2)CC1. The third-order valence-corrected chi connectivity index (χ3v) is 5.11. The van der Waals surface area contributed by atoms with Gasteiger partial charge in [0.05, 0.1) is 0 Å². The highest BCUT2D eigenvalue weighted by molar-refractivity contribution is 5.32. The van der Waals surface area contributed by atoms with E-state index in [9.17, 15) is 10.2 Å². The molecule has 0 radical (unpaired) electrons. The molecule has 1 aromatic rings. The lowest BCUT2D eigenvalue weighted by molar-refractivity contribution is 0.0121. The normalized spacial score (nSPS) is 19.5. The Morgan fingerprint density at radius 2 is 1.78 bits per heavy atom. The van der Waals surface area contributed by atoms with Crippen LogP contribution < -0.4 is 4.74 Å². The van der Waals surface area contributed by atoms with E-state index in [-0.39, 0.29) is 12.0 Å². The second-order valence-corrected chi connectivity index (χ2v) is 7.10. The molecule has 23 heavy (non-hydrogen) atoms. The first-order valence-electron chi connectivity index (χ1n) is 8.69. The molecule has 0 saturated carbocycles. The lowest BCUT2D eigenvalue weighted by atomic mass is 9.77. The van der Waals surface area contributed by atoms with Crippen molar-refractivity contribution in [3.63, 3.8) is 0 Å². The summed E-state index contributed by atoms with van der Waals surface area (Å²) >= 11 is 0. The molecule has 1 aliphatic rings. The van der Waals surface area contributed by atoms with Crippen LogP contribution in [0.1, 0.15) is 37.3 Å². The minimum atomic E-state index is -0.487. The molecule has 0 amide bonds. The summed E-state index contributed by atoms with van der Waals surface area (Å²) in [6, 6.07) is 6.10. The van der Waals surface area contributed by atoms with Gasteiger partial charge in [0.15, 0.2) is 0 Å². The number of likely N-dealkylation sites (tertiary alicyclic amines) is 1. The van der Waals surface area contributed by atoms with Crippen LogP contribution in [0.5, 0.6) is 5.75 Å². The van der Waals surface area contributed by atoms with Gasteiger partial charge >= 0.3 is 0 Å². The highest BCUT2D eigenvalue weighted by Crippen LogP contribution is 2.34. The van der Waals surface area contributed by atoms with Gasteiger partial charge in [-0.2, -0.15) is 0 Å². The number of hydrogen-bond donors (Lipinski definition) is 2. The Balaban J connectivity index is 1.76. The van der Waals surface area contributed by atoms with E-state index in [0.717, 1.165) is 38.1 Å². The lowest BCUT2D eigenvalue weighted by Gasteiger charge is -2.40. The summed E-state index contributed by atoms with van der Waals surface area (Å²) in [7, 11) is 0. The summed E-state index contributed by atoms with van der Waals surface area (Å²) in [5.74, 6) is 0.825. The number of nitrogens with zero attached hydrogens (tertiary/aromatic N) is 1. The number of aliphatic hydroxyl groups is 2. The lowest BCUT2D eigenvalue weighted by Crippen LogP contribution is -2.45. The minimum absolute atomic E-state index is 0.0943. The van der Waals surface area contributed by atoms with Gasteiger partial charge in [-0.15, -0.1) is 0 Å². The largest absolute Gasteiger partial charge is 0.491 e. The summed E-state index contributed by atoms with van der Waals surface area (Å²) in [4.78, 5) is 2.28. The van der Waals surface area contributed by atoms with Crippen LogP contribution in [0.2, 0.25) is 0 Å². The van der Waals surface area contributed by atoms with E-state index in [4.69, 9.17) is 4.74 Å². The number of piperidine rings is 1. The first-order chi connectivity index (χ1) is 11.0. The van der Waals surface area contributed by atoms with Crippen molar-refractivity contribution in [1.82, 2.24) is 4.90 Å². The van der Waals surface area contributed by atoms with Crippen molar-refractivity contribution >= 4 is 0 Å². The highest BCUT2D eigenvalue weighted by Gasteiger charge is 2.32. The van der Waals surface area contributed by atoms with E-state index < -0.39 is 6.10 Å². The molecule has 2 N–H and O–H groups in total. The number of benzene rings is 1. The smallest absolute Gasteiger partial charge is 0.119 e. The first kappa shape index (κ1) is 18.2. The number of aryl methyl sites for hydroxylation is 2. The van der Waals surface area contributed by atoms with Crippen LogP contribution >= 0.6 is 0 Å². The molecule has 1 unspecified atom stereocenters. The van der Waals surface area contributed by atoms with Crippen molar-refractivity contribution in [3.8, 4) is 5.75 Å². The Kier molecular flexibility index (Phi) is 6.45. The number of rotatable bonds is 7. The Labute approximate surface area is 140 Å². The maximum absolute atomic E-state index is 10.2. The zero-order chi connectivity index (χ0) is 16.9. The fourth-order valence-corrected chi connectivity index (χ4v) is 3.39. The summed E-state index contributed by atoms with van der Waals surface area (Å²) in [5.41, 5.74) is 2.44. The predicted molar refractivity (Wildman–Crippen MR) is 92.9 cm³/mol. The van der Waals surface area contributed by atoms with Crippen LogP contribution in [0.25, 0.3) is 0 Å². The fraction of sp³-hybridized carbons (Fsp3) is 0.684. The van der Waals surface area contributed by atoms with Crippen LogP contribution in [0.3, 0.4) is 0 Å². The molecule has 1 saturated heterocycles. The standard InChI is InChI=1S/C19H31NO3/c1-4-19(14-21)5-7-20(8-6-19)12-17(22)13-23-18-10-15(2)9-16(3)11-18/h9-11,17,21-22H,4-8,12-14H2,1-3H3. The van der Waals surface area contributed by atoms with Gasteiger partial charge in [-0.3, -0.25) is 0 Å². The van der Waals surface area contributed by atoms with Crippen molar-refractivity contribution in [2.75, 3.05) is 32.8 Å². The summed E-state index contributed by atoms with van der Waals surface area (Å²) in [6.07, 6.45) is 2.55. The molecule has 0 aromatic heterocycles. The molecule has 0 aliphatic carbocycles. The molecule has 0 spiro atoms. The van der Waals surface area contributed by atoms with Gasteiger partial charge in [0, 0.05) is 13.2 Å². The predicted octanol–water partition coefficient (Wildman–Crippen LogP) is 2.53. The van der Waals surface area contributed by atoms with Crippen LogP contribution in [0.4, 0.5) is 0 Å². The molecular weight excluding hydrogens is 290 g/mol. The van der Waals surface area contributed by atoms with Gasteiger partial charge in [-0.1, -0.05) is 13.0 Å². The maximum Gasteiger partial charge on any atom is 0.119 e. The summed E-state index contributed by atoms with van der Waals surface area (Å²) in [5, 5.41) is 19.8. The Morgan fingerprint density at radius 1 is 1.17 bits per heavy atom. The molecular formula is C19H31NO3. The van der Waals surface area contributed by atoms with Gasteiger partial charge in [-0.05, 0) is 74.9 Å². The average molecular weight is 321 g/mol. The van der Waals surface area contributed by atoms with E-state index in [1.54, 1.807) is 0 Å². The fourth-order valence-electron chi connectivity index (χ4n) is 3.39. The third-order valence-electron chi connectivity index (χ3n) is 5.11. The minimum Gasteiger partial charge on any atom is -0.491 e. The van der Waals surface area contributed by atoms with Gasteiger partial charge in [0.2, 0.25) is 0 Å².